The van der Waals surface area contributed by atoms with Crippen molar-refractivity contribution >= 4 is 35.0 Å². The molecule has 1 aromatic carbocycles. The Hall–Kier alpha value is -1.10. The molecule has 4 nitrogen and oxygen atoms in total. The fraction of sp³-hybridized carbons (Fsp3) is 0.333. The van der Waals surface area contributed by atoms with Gasteiger partial charge in [-0.15, -0.1) is 0 Å². The first-order chi connectivity index (χ1) is 8.50. The van der Waals surface area contributed by atoms with Crippen LogP contribution in [-0.4, -0.2) is 29.3 Å². The fourth-order valence-electron chi connectivity index (χ4n) is 1.79. The van der Waals surface area contributed by atoms with Gasteiger partial charge in [-0.2, -0.15) is 0 Å². The lowest BCUT2D eigenvalue weighted by molar-refractivity contribution is -0.149. The highest BCUT2D eigenvalue weighted by Crippen LogP contribution is 2.26. The summed E-state index contributed by atoms with van der Waals surface area (Å²) in [5, 5.41) is 3.73. The summed E-state index contributed by atoms with van der Waals surface area (Å²) in [7, 11) is 0. The van der Waals surface area contributed by atoms with Crippen LogP contribution in [0.3, 0.4) is 0 Å². The van der Waals surface area contributed by atoms with Gasteiger partial charge in [0.1, 0.15) is 0 Å². The Morgan fingerprint density at radius 3 is 2.56 bits per heavy atom. The second kappa shape index (κ2) is 5.26. The molecule has 2 amide bonds. The first kappa shape index (κ1) is 13.3. The molecule has 6 heteroatoms. The van der Waals surface area contributed by atoms with Crippen LogP contribution in [-0.2, 0) is 16.1 Å². The Kier molecular flexibility index (Phi) is 3.90. The molecular formula is C12H12Cl2N2O2. The van der Waals surface area contributed by atoms with Crippen molar-refractivity contribution in [3.05, 3.63) is 33.8 Å². The Morgan fingerprint density at radius 1 is 1.33 bits per heavy atom. The van der Waals surface area contributed by atoms with Gasteiger partial charge in [0.05, 0.1) is 19.1 Å². The SMILES string of the molecule is CC1NCC(=O)N(Cc2c(Cl)cccc2Cl)C1=O. The van der Waals surface area contributed by atoms with Gasteiger partial charge in [0.25, 0.3) is 0 Å². The number of hydrogen-bond acceptors (Lipinski definition) is 3. The van der Waals surface area contributed by atoms with Crippen molar-refractivity contribution in [2.45, 2.75) is 19.5 Å². The smallest absolute Gasteiger partial charge is 0.246 e. The van der Waals surface area contributed by atoms with E-state index in [2.05, 4.69) is 5.32 Å². The van der Waals surface area contributed by atoms with Crippen molar-refractivity contribution in [2.24, 2.45) is 0 Å². The fourth-order valence-corrected chi connectivity index (χ4v) is 2.30. The lowest BCUT2D eigenvalue weighted by Gasteiger charge is -2.30. The second-order valence-electron chi connectivity index (χ2n) is 4.12. The standard InChI is InChI=1S/C12H12Cl2N2O2/c1-7-12(18)16(11(17)5-15-7)6-8-9(13)3-2-4-10(8)14/h2-4,7,15H,5-6H2,1H3. The number of nitrogens with one attached hydrogen (secondary N) is 1. The number of rotatable bonds is 2. The van der Waals surface area contributed by atoms with Crippen LogP contribution in [0, 0.1) is 0 Å². The third-order valence-corrected chi connectivity index (χ3v) is 3.58. The third-order valence-electron chi connectivity index (χ3n) is 2.87. The molecule has 1 fully saturated rings. The first-order valence-electron chi connectivity index (χ1n) is 5.51. The topological polar surface area (TPSA) is 49.4 Å². The van der Waals surface area contributed by atoms with Crippen LogP contribution in [0.4, 0.5) is 0 Å². The van der Waals surface area contributed by atoms with Gasteiger partial charge >= 0.3 is 0 Å². The van der Waals surface area contributed by atoms with E-state index >= 15 is 0 Å². The van der Waals surface area contributed by atoms with Crippen molar-refractivity contribution < 1.29 is 9.59 Å². The average Bonchev–Trinajstić information content (AvgIpc) is 2.33. The van der Waals surface area contributed by atoms with Crippen LogP contribution < -0.4 is 5.32 Å². The summed E-state index contributed by atoms with van der Waals surface area (Å²) in [5.74, 6) is -0.531. The molecule has 1 atom stereocenters. The van der Waals surface area contributed by atoms with E-state index in [0.29, 0.717) is 15.6 Å². The van der Waals surface area contributed by atoms with Crippen molar-refractivity contribution in [1.82, 2.24) is 10.2 Å². The number of hydrogen-bond donors (Lipinski definition) is 1. The summed E-state index contributed by atoms with van der Waals surface area (Å²) in [5.41, 5.74) is 0.594. The number of halogens is 2. The van der Waals surface area contributed by atoms with Gasteiger partial charge in [0.15, 0.2) is 0 Å². The normalized spacial score (nSPS) is 20.4. The zero-order valence-corrected chi connectivity index (χ0v) is 11.3. The van der Waals surface area contributed by atoms with Crippen LogP contribution in [0.2, 0.25) is 10.0 Å². The number of nitrogens with zero attached hydrogens (tertiary/aromatic N) is 1. The highest BCUT2D eigenvalue weighted by atomic mass is 35.5. The van der Waals surface area contributed by atoms with Crippen LogP contribution >= 0.6 is 23.2 Å². The largest absolute Gasteiger partial charge is 0.298 e. The van der Waals surface area contributed by atoms with Gasteiger partial charge < -0.3 is 0 Å². The number of carbonyl (C=O) groups is 2. The predicted octanol–water partition coefficient (Wildman–Crippen LogP) is 1.84. The molecular weight excluding hydrogens is 275 g/mol. The highest BCUT2D eigenvalue weighted by Gasteiger charge is 2.31. The Morgan fingerprint density at radius 2 is 1.94 bits per heavy atom. The summed E-state index contributed by atoms with van der Waals surface area (Å²) >= 11 is 12.1. The number of amides is 2. The molecule has 0 spiro atoms. The van der Waals surface area contributed by atoms with Gasteiger partial charge in [-0.25, -0.2) is 0 Å². The molecule has 0 radical (unpaired) electrons. The zero-order chi connectivity index (χ0) is 13.3. The minimum absolute atomic E-state index is 0.113. The van der Waals surface area contributed by atoms with E-state index in [4.69, 9.17) is 23.2 Å². The third kappa shape index (κ3) is 2.51. The lowest BCUT2D eigenvalue weighted by Crippen LogP contribution is -2.56. The van der Waals surface area contributed by atoms with Gasteiger partial charge in [-0.3, -0.25) is 19.8 Å². The molecule has 1 aliphatic heterocycles. The van der Waals surface area contributed by atoms with Crippen molar-refractivity contribution in [3.63, 3.8) is 0 Å². The molecule has 1 heterocycles. The number of imide groups is 1. The van der Waals surface area contributed by atoms with Gasteiger partial charge in [-0.05, 0) is 19.1 Å². The van der Waals surface area contributed by atoms with E-state index in [1.165, 1.54) is 4.90 Å². The molecule has 96 valence electrons. The minimum atomic E-state index is -0.371. The van der Waals surface area contributed by atoms with E-state index in [-0.39, 0.29) is 30.9 Å². The second-order valence-corrected chi connectivity index (χ2v) is 4.94. The van der Waals surface area contributed by atoms with Crippen LogP contribution in [0.25, 0.3) is 0 Å². The summed E-state index contributed by atoms with van der Waals surface area (Å²) in [4.78, 5) is 24.8. The number of piperazine rings is 1. The molecule has 0 bridgehead atoms. The van der Waals surface area contributed by atoms with Gasteiger partial charge in [0.2, 0.25) is 11.8 Å². The van der Waals surface area contributed by atoms with E-state index < -0.39 is 0 Å². The number of benzene rings is 1. The number of carbonyl (C=O) groups excluding carboxylic acids is 2. The maximum absolute atomic E-state index is 11.9. The Bertz CT molecular complexity index is 485. The summed E-state index contributed by atoms with van der Waals surface area (Å²) in [6, 6.07) is 4.72. The van der Waals surface area contributed by atoms with E-state index in [1.807, 2.05) is 0 Å². The summed E-state index contributed by atoms with van der Waals surface area (Å²) in [6.07, 6.45) is 0. The first-order valence-corrected chi connectivity index (χ1v) is 6.26. The van der Waals surface area contributed by atoms with E-state index in [0.717, 1.165) is 0 Å². The molecule has 1 aromatic rings. The maximum atomic E-state index is 11.9. The van der Waals surface area contributed by atoms with Crippen LogP contribution in [0.5, 0.6) is 0 Å². The zero-order valence-electron chi connectivity index (χ0n) is 9.74. The Labute approximate surface area is 115 Å². The monoisotopic (exact) mass is 286 g/mol. The van der Waals surface area contributed by atoms with E-state index in [9.17, 15) is 9.59 Å². The average molecular weight is 287 g/mol. The molecule has 0 aliphatic carbocycles. The van der Waals surface area contributed by atoms with Crippen LogP contribution in [0.15, 0.2) is 18.2 Å². The van der Waals surface area contributed by atoms with Crippen molar-refractivity contribution in [1.29, 1.82) is 0 Å². The molecule has 0 saturated carbocycles. The predicted molar refractivity (Wildman–Crippen MR) is 69.5 cm³/mol. The van der Waals surface area contributed by atoms with Gasteiger partial charge in [-0.1, -0.05) is 29.3 Å². The van der Waals surface area contributed by atoms with E-state index in [1.54, 1.807) is 25.1 Å². The summed E-state index contributed by atoms with van der Waals surface area (Å²) < 4.78 is 0. The van der Waals surface area contributed by atoms with Crippen molar-refractivity contribution in [3.8, 4) is 0 Å². The van der Waals surface area contributed by atoms with Gasteiger partial charge in [0, 0.05) is 15.6 Å². The maximum Gasteiger partial charge on any atom is 0.246 e. The lowest BCUT2D eigenvalue weighted by atomic mass is 10.1. The minimum Gasteiger partial charge on any atom is -0.298 e. The molecule has 18 heavy (non-hydrogen) atoms. The molecule has 1 saturated heterocycles. The Balaban J connectivity index is 2.27. The molecule has 1 aliphatic rings. The van der Waals surface area contributed by atoms with Crippen molar-refractivity contribution in [2.75, 3.05) is 6.54 Å². The van der Waals surface area contributed by atoms with Crippen LogP contribution in [0.1, 0.15) is 12.5 Å². The molecule has 1 N–H and O–H groups in total. The quantitative estimate of drug-likeness (QED) is 0.844. The molecule has 0 aromatic heterocycles. The molecule has 2 rings (SSSR count). The highest BCUT2D eigenvalue weighted by molar-refractivity contribution is 6.36. The molecule has 1 unspecified atom stereocenters. The summed E-state index contributed by atoms with van der Waals surface area (Å²) in [6.45, 7) is 1.98.